The molecule has 2 amide bonds. The molecule has 12 N–H and O–H groups in total. The molecule has 0 aromatic heterocycles. The van der Waals surface area contributed by atoms with E-state index in [1.807, 2.05) is 0 Å². The third kappa shape index (κ3) is 16.0. The highest BCUT2D eigenvalue weighted by Crippen LogP contribution is 2.33. The Bertz CT molecular complexity index is 1620. The maximum Gasteiger partial charge on any atom is 0.335 e. The number of methoxy groups -OCH3 is 2. The van der Waals surface area contributed by atoms with Crippen molar-refractivity contribution in [3.05, 3.63) is 0 Å². The van der Waals surface area contributed by atoms with Crippen molar-refractivity contribution in [3.8, 4) is 0 Å². The van der Waals surface area contributed by atoms with Gasteiger partial charge in [-0.05, 0) is 26.7 Å². The molecular formula is C42H72N2O26. The summed E-state index contributed by atoms with van der Waals surface area (Å²) in [6.07, 6.45) is -27.6. The summed E-state index contributed by atoms with van der Waals surface area (Å²) >= 11 is 0. The van der Waals surface area contributed by atoms with Crippen molar-refractivity contribution >= 4 is 23.8 Å². The fourth-order valence-corrected chi connectivity index (χ4v) is 8.53. The molecule has 0 aromatic carbocycles. The quantitative estimate of drug-likeness (QED) is 0.0341. The molecule has 0 aromatic rings. The molecule has 4 rings (SSSR count). The first-order valence-corrected chi connectivity index (χ1v) is 22.9. The van der Waals surface area contributed by atoms with E-state index in [-0.39, 0.29) is 39.6 Å². The summed E-state index contributed by atoms with van der Waals surface area (Å²) in [5.74, 6) is -4.03. The van der Waals surface area contributed by atoms with Crippen molar-refractivity contribution in [2.75, 3.05) is 67.1 Å². The fourth-order valence-electron chi connectivity index (χ4n) is 8.53. The fraction of sp³-hybridized carbons (Fsp3) is 0.905. The van der Waals surface area contributed by atoms with E-state index in [4.69, 9.17) is 56.8 Å². The number of aliphatic hydroxyl groups is 8. The molecule has 0 aliphatic carbocycles. The molecule has 4 fully saturated rings. The van der Waals surface area contributed by atoms with E-state index in [0.29, 0.717) is 12.8 Å². The Morgan fingerprint density at radius 2 is 1.00 bits per heavy atom. The lowest BCUT2D eigenvalue weighted by Crippen LogP contribution is -2.68. The van der Waals surface area contributed by atoms with Crippen LogP contribution in [0.25, 0.3) is 0 Å². The van der Waals surface area contributed by atoms with Crippen molar-refractivity contribution < 1.29 is 127 Å². The first-order chi connectivity index (χ1) is 33.1. The molecule has 70 heavy (non-hydrogen) atoms. The van der Waals surface area contributed by atoms with Gasteiger partial charge in [0, 0.05) is 41.3 Å². The highest BCUT2D eigenvalue weighted by atomic mass is 16.7. The number of carboxylic acids is 2. The van der Waals surface area contributed by atoms with E-state index in [0.717, 1.165) is 14.2 Å². The number of aliphatic carboxylic acids is 2. The average molecular weight is 1020 g/mol. The normalized spacial score (nSPS) is 38.9. The number of hydrogen-bond acceptors (Lipinski definition) is 24. The number of amides is 2. The van der Waals surface area contributed by atoms with Crippen LogP contribution in [0.15, 0.2) is 0 Å². The van der Waals surface area contributed by atoms with Gasteiger partial charge in [0.05, 0.1) is 63.9 Å². The Labute approximate surface area is 403 Å². The van der Waals surface area contributed by atoms with E-state index >= 15 is 0 Å². The smallest absolute Gasteiger partial charge is 0.335 e. The predicted octanol–water partition coefficient (Wildman–Crippen LogP) is -6.28. The summed E-state index contributed by atoms with van der Waals surface area (Å²) in [7, 11) is 2.28. The lowest BCUT2D eigenvalue weighted by atomic mass is 9.92. The Morgan fingerprint density at radius 3 is 1.49 bits per heavy atom. The van der Waals surface area contributed by atoms with Gasteiger partial charge in [0.1, 0.15) is 85.5 Å². The first kappa shape index (κ1) is 59.6. The number of carbonyl (C=O) groups excluding carboxylic acids is 2. The number of unbranched alkanes of at least 4 members (excludes halogenated alkanes) is 1. The number of ether oxygens (including phenoxy) is 12. The number of hydrogen-bond donors (Lipinski definition) is 12. The summed E-state index contributed by atoms with van der Waals surface area (Å²) in [5.41, 5.74) is 0. The standard InChI is InChI=1S/C42H72N2O26/c1-17-25(43-19(3)46)32(27(50)23(11-45)65-17)68-42-36(31(54)35(60-6)38(70-42)40(57)58)64-15-22(49)13-62-10-8-7-9-61-12-21(48)14-63-16-24-28(51)33(26(18(2)66-24)44-20(4)47)67-41-30(53)29(52)34(59-5)37(69-41)39(55)56/h17-18,21-38,41-42,45,48-54H,7-16H2,1-6H3,(H,43,46)(H,44,47)(H,55,56)(H,57,58)/t17?,18?,21?,22?,23?,24?,25?,26?,27-,28-,29-,30?,31+,32-,33-,34+,35+,36?,37?,38?,41-,42-/m1/s1. The molecule has 0 radical (unpaired) electrons. The van der Waals surface area contributed by atoms with Crippen molar-refractivity contribution in [1.29, 1.82) is 0 Å². The molecule has 4 aliphatic heterocycles. The zero-order valence-corrected chi connectivity index (χ0v) is 39.8. The second kappa shape index (κ2) is 28.5. The molecule has 22 atom stereocenters. The van der Waals surface area contributed by atoms with Crippen molar-refractivity contribution in [3.63, 3.8) is 0 Å². The van der Waals surface area contributed by atoms with Crippen LogP contribution in [-0.4, -0.2) is 276 Å². The number of aliphatic hydroxyl groups excluding tert-OH is 8. The zero-order valence-electron chi connectivity index (χ0n) is 39.8. The van der Waals surface area contributed by atoms with Crippen LogP contribution in [0, 0.1) is 0 Å². The van der Waals surface area contributed by atoms with Gasteiger partial charge in [-0.25, -0.2) is 9.59 Å². The summed E-state index contributed by atoms with van der Waals surface area (Å²) in [5, 5.41) is 110. The molecule has 0 bridgehead atoms. The molecule has 4 heterocycles. The molecule has 0 spiro atoms. The Morgan fingerprint density at radius 1 is 0.557 bits per heavy atom. The van der Waals surface area contributed by atoms with Crippen molar-refractivity contribution in [1.82, 2.24) is 10.6 Å². The largest absolute Gasteiger partial charge is 0.479 e. The van der Waals surface area contributed by atoms with Gasteiger partial charge in [-0.15, -0.1) is 0 Å². The van der Waals surface area contributed by atoms with Crippen LogP contribution in [0.3, 0.4) is 0 Å². The number of carboxylic acid groups (broad SMARTS) is 2. The molecule has 406 valence electrons. The topological polar surface area (TPSA) is 405 Å². The van der Waals surface area contributed by atoms with Gasteiger partial charge < -0.3 is 119 Å². The van der Waals surface area contributed by atoms with Crippen LogP contribution in [0.1, 0.15) is 40.5 Å². The Kier molecular flexibility index (Phi) is 24.3. The van der Waals surface area contributed by atoms with Gasteiger partial charge in [0.15, 0.2) is 24.8 Å². The molecule has 4 aliphatic rings. The second-order valence-corrected chi connectivity index (χ2v) is 17.5. The maximum absolute atomic E-state index is 12.1. The minimum atomic E-state index is -1.80. The molecule has 28 heteroatoms. The Balaban J connectivity index is 1.18. The van der Waals surface area contributed by atoms with Crippen LogP contribution in [-0.2, 0) is 76.0 Å². The Hall–Kier alpha value is -2.92. The number of nitrogens with one attached hydrogen (secondary N) is 2. The third-order valence-corrected chi connectivity index (χ3v) is 12.1. The van der Waals surface area contributed by atoms with E-state index < -0.39 is 172 Å². The summed E-state index contributed by atoms with van der Waals surface area (Å²) in [4.78, 5) is 48.0. The average Bonchev–Trinajstić information content (AvgIpc) is 3.29. The van der Waals surface area contributed by atoms with Gasteiger partial charge >= 0.3 is 11.9 Å². The number of carbonyl (C=O) groups is 4. The zero-order chi connectivity index (χ0) is 52.0. The lowest BCUT2D eigenvalue weighted by molar-refractivity contribution is -0.335. The van der Waals surface area contributed by atoms with Gasteiger partial charge in [-0.1, -0.05) is 0 Å². The van der Waals surface area contributed by atoms with Crippen LogP contribution >= 0.6 is 0 Å². The summed E-state index contributed by atoms with van der Waals surface area (Å²) < 4.78 is 67.1. The highest BCUT2D eigenvalue weighted by Gasteiger charge is 2.55. The van der Waals surface area contributed by atoms with Crippen LogP contribution in [0.4, 0.5) is 0 Å². The molecular weight excluding hydrogens is 948 g/mol. The van der Waals surface area contributed by atoms with E-state index in [1.54, 1.807) is 13.8 Å². The van der Waals surface area contributed by atoms with Crippen LogP contribution in [0.5, 0.6) is 0 Å². The van der Waals surface area contributed by atoms with Gasteiger partial charge in [0.25, 0.3) is 0 Å². The lowest BCUT2D eigenvalue weighted by Gasteiger charge is -2.48. The minimum Gasteiger partial charge on any atom is -0.479 e. The molecule has 28 nitrogen and oxygen atoms in total. The maximum atomic E-state index is 12.1. The predicted molar refractivity (Wildman–Crippen MR) is 228 cm³/mol. The molecule has 0 saturated carbocycles. The highest BCUT2D eigenvalue weighted by molar-refractivity contribution is 5.74. The van der Waals surface area contributed by atoms with Crippen LogP contribution in [0.2, 0.25) is 0 Å². The monoisotopic (exact) mass is 1020 g/mol. The second-order valence-electron chi connectivity index (χ2n) is 17.5. The van der Waals surface area contributed by atoms with Crippen molar-refractivity contribution in [2.24, 2.45) is 0 Å². The third-order valence-electron chi connectivity index (χ3n) is 12.1. The summed E-state index contributed by atoms with van der Waals surface area (Å²) in [6.45, 7) is 3.97. The van der Waals surface area contributed by atoms with Gasteiger partial charge in [0.2, 0.25) is 11.8 Å². The molecule has 12 unspecified atom stereocenters. The molecule has 4 saturated heterocycles. The first-order valence-electron chi connectivity index (χ1n) is 22.9. The van der Waals surface area contributed by atoms with E-state index in [1.165, 1.54) is 13.8 Å². The summed E-state index contributed by atoms with van der Waals surface area (Å²) in [6, 6.07) is -2.03. The van der Waals surface area contributed by atoms with E-state index in [2.05, 4.69) is 10.6 Å². The van der Waals surface area contributed by atoms with E-state index in [9.17, 15) is 70.2 Å². The SMILES string of the molecule is CO[C@@H]1C(C(=O)O)O[C@@H](O[C@@H]2C(NC(C)=O)C(C)OC(COCC(O)COCCCCOCC(O)COC3[C@H](O[C@@H]4C(NC(C)=O)C(C)OC(CO)[C@H]4O)OC(C(=O)O)[C@@H](OC)[C@@H]3O)[C@H]2O)C(O)[C@H]1O. The number of rotatable bonds is 27. The van der Waals surface area contributed by atoms with Gasteiger partial charge in [-0.2, -0.15) is 0 Å². The van der Waals surface area contributed by atoms with Crippen LogP contribution < -0.4 is 10.6 Å². The minimum absolute atomic E-state index is 0.134. The van der Waals surface area contributed by atoms with Gasteiger partial charge in [-0.3, -0.25) is 9.59 Å². The van der Waals surface area contributed by atoms with Crippen molar-refractivity contribution in [2.45, 2.75) is 175 Å².